The summed E-state index contributed by atoms with van der Waals surface area (Å²) in [6.45, 7) is 4.22. The standard InChI is InChI=1S/C15H23NO2.C6H5Br/c1-3-5-7-12-14(4-2)18-15(17)16-13-10-8-6-9-11-13;7-6-4-2-1-3-5-6/h6,8-11,14H,3-5,7,12H2,1-2H3,(H,16,17);1-5H. The van der Waals surface area contributed by atoms with Gasteiger partial charge in [-0.3, -0.25) is 5.32 Å². The molecule has 1 unspecified atom stereocenters. The number of carbonyl (C=O) groups excluding carboxylic acids is 1. The molecule has 0 aliphatic rings. The summed E-state index contributed by atoms with van der Waals surface area (Å²) in [6, 6.07) is 19.3. The average molecular weight is 406 g/mol. The van der Waals surface area contributed by atoms with Gasteiger partial charge < -0.3 is 4.74 Å². The van der Waals surface area contributed by atoms with Crippen LogP contribution in [0.4, 0.5) is 10.5 Å². The van der Waals surface area contributed by atoms with Gasteiger partial charge in [0.05, 0.1) is 0 Å². The number of halogens is 1. The van der Waals surface area contributed by atoms with Crippen molar-refractivity contribution in [1.82, 2.24) is 0 Å². The van der Waals surface area contributed by atoms with Crippen LogP contribution in [-0.2, 0) is 4.74 Å². The number of nitrogens with one attached hydrogen (secondary N) is 1. The van der Waals surface area contributed by atoms with Crippen molar-refractivity contribution in [3.05, 3.63) is 65.1 Å². The summed E-state index contributed by atoms with van der Waals surface area (Å²) in [6.07, 6.45) is 4.99. The lowest BCUT2D eigenvalue weighted by Crippen LogP contribution is -2.22. The van der Waals surface area contributed by atoms with E-state index in [1.807, 2.05) is 67.6 Å². The molecule has 2 rings (SSSR count). The van der Waals surface area contributed by atoms with E-state index in [1.165, 1.54) is 12.8 Å². The zero-order valence-corrected chi connectivity index (χ0v) is 16.7. The van der Waals surface area contributed by atoms with E-state index in [9.17, 15) is 4.79 Å². The molecule has 2 aromatic carbocycles. The van der Waals surface area contributed by atoms with Crippen molar-refractivity contribution in [2.45, 2.75) is 52.1 Å². The molecule has 1 atom stereocenters. The fourth-order valence-corrected chi connectivity index (χ4v) is 2.51. The Kier molecular flexibility index (Phi) is 11.4. The van der Waals surface area contributed by atoms with Gasteiger partial charge in [0.2, 0.25) is 0 Å². The molecular formula is C21H28BrNO2. The predicted octanol–water partition coefficient (Wildman–Crippen LogP) is 7.04. The van der Waals surface area contributed by atoms with E-state index in [2.05, 4.69) is 28.2 Å². The third-order valence-corrected chi connectivity index (χ3v) is 4.14. The van der Waals surface area contributed by atoms with Crippen molar-refractivity contribution in [1.29, 1.82) is 0 Å². The van der Waals surface area contributed by atoms with Crippen molar-refractivity contribution >= 4 is 27.7 Å². The number of hydrogen-bond donors (Lipinski definition) is 1. The monoisotopic (exact) mass is 405 g/mol. The van der Waals surface area contributed by atoms with E-state index in [4.69, 9.17) is 4.74 Å². The number of benzene rings is 2. The summed E-state index contributed by atoms with van der Waals surface area (Å²) < 4.78 is 6.53. The molecule has 0 saturated carbocycles. The molecule has 1 amide bonds. The van der Waals surface area contributed by atoms with Gasteiger partial charge >= 0.3 is 6.09 Å². The van der Waals surface area contributed by atoms with Crippen molar-refractivity contribution in [3.63, 3.8) is 0 Å². The molecule has 0 radical (unpaired) electrons. The Morgan fingerprint density at radius 1 is 1.00 bits per heavy atom. The van der Waals surface area contributed by atoms with Gasteiger partial charge in [-0.1, -0.05) is 79.0 Å². The minimum absolute atomic E-state index is 0.0280. The SMILES string of the molecule is Brc1ccccc1.CCCCCC(CC)OC(=O)Nc1ccccc1. The van der Waals surface area contributed by atoms with Gasteiger partial charge in [0.1, 0.15) is 6.10 Å². The summed E-state index contributed by atoms with van der Waals surface area (Å²) in [5, 5.41) is 2.74. The highest BCUT2D eigenvalue weighted by atomic mass is 79.9. The molecule has 0 saturated heterocycles. The molecule has 0 fully saturated rings. The molecule has 0 heterocycles. The minimum Gasteiger partial charge on any atom is -0.446 e. The smallest absolute Gasteiger partial charge is 0.411 e. The zero-order valence-electron chi connectivity index (χ0n) is 15.1. The van der Waals surface area contributed by atoms with Crippen LogP contribution in [0.2, 0.25) is 0 Å². The normalized spacial score (nSPS) is 11.0. The van der Waals surface area contributed by atoms with E-state index < -0.39 is 0 Å². The van der Waals surface area contributed by atoms with Crippen LogP contribution < -0.4 is 5.32 Å². The maximum Gasteiger partial charge on any atom is 0.411 e. The lowest BCUT2D eigenvalue weighted by atomic mass is 10.1. The lowest BCUT2D eigenvalue weighted by Gasteiger charge is -2.16. The summed E-state index contributed by atoms with van der Waals surface area (Å²) in [5.74, 6) is 0. The Morgan fingerprint density at radius 2 is 1.60 bits per heavy atom. The summed E-state index contributed by atoms with van der Waals surface area (Å²) >= 11 is 3.31. The number of hydrogen-bond acceptors (Lipinski definition) is 2. The molecule has 0 aromatic heterocycles. The van der Waals surface area contributed by atoms with Gasteiger partial charge in [-0.2, -0.15) is 0 Å². The van der Waals surface area contributed by atoms with E-state index in [1.54, 1.807) is 0 Å². The largest absolute Gasteiger partial charge is 0.446 e. The first-order valence-corrected chi connectivity index (χ1v) is 9.68. The van der Waals surface area contributed by atoms with Crippen LogP contribution >= 0.6 is 15.9 Å². The molecule has 0 aliphatic heterocycles. The average Bonchev–Trinajstić information content (AvgIpc) is 2.63. The van der Waals surface area contributed by atoms with Crippen molar-refractivity contribution < 1.29 is 9.53 Å². The van der Waals surface area contributed by atoms with Crippen LogP contribution in [0.5, 0.6) is 0 Å². The highest BCUT2D eigenvalue weighted by Gasteiger charge is 2.12. The van der Waals surface area contributed by atoms with Crippen molar-refractivity contribution in [3.8, 4) is 0 Å². The van der Waals surface area contributed by atoms with Gasteiger partial charge in [-0.25, -0.2) is 4.79 Å². The Morgan fingerprint density at radius 3 is 2.08 bits per heavy atom. The minimum atomic E-state index is -0.357. The first kappa shape index (κ1) is 21.2. The molecule has 1 N–H and O–H groups in total. The molecule has 25 heavy (non-hydrogen) atoms. The van der Waals surface area contributed by atoms with Gasteiger partial charge in [-0.15, -0.1) is 0 Å². The fourth-order valence-electron chi connectivity index (χ4n) is 2.20. The molecular weight excluding hydrogens is 378 g/mol. The van der Waals surface area contributed by atoms with Gasteiger partial charge in [0, 0.05) is 10.2 Å². The van der Waals surface area contributed by atoms with Crippen LogP contribution in [0.1, 0.15) is 46.0 Å². The number of carbonyl (C=O) groups is 1. The van der Waals surface area contributed by atoms with Crippen LogP contribution in [0.15, 0.2) is 65.1 Å². The zero-order chi connectivity index (χ0) is 18.3. The summed E-state index contributed by atoms with van der Waals surface area (Å²) in [5.41, 5.74) is 0.769. The van der Waals surface area contributed by atoms with Crippen LogP contribution in [0.3, 0.4) is 0 Å². The number of amides is 1. The van der Waals surface area contributed by atoms with E-state index >= 15 is 0 Å². The van der Waals surface area contributed by atoms with E-state index in [0.717, 1.165) is 29.4 Å². The van der Waals surface area contributed by atoms with E-state index in [0.29, 0.717) is 0 Å². The highest BCUT2D eigenvalue weighted by Crippen LogP contribution is 2.12. The summed E-state index contributed by atoms with van der Waals surface area (Å²) in [7, 11) is 0. The lowest BCUT2D eigenvalue weighted by molar-refractivity contribution is 0.101. The number of anilines is 1. The molecule has 0 spiro atoms. The second-order valence-corrected chi connectivity index (χ2v) is 6.63. The Hall–Kier alpha value is -1.81. The predicted molar refractivity (Wildman–Crippen MR) is 109 cm³/mol. The summed E-state index contributed by atoms with van der Waals surface area (Å²) in [4.78, 5) is 11.7. The number of ether oxygens (including phenoxy) is 1. The Bertz CT molecular complexity index is 575. The van der Waals surface area contributed by atoms with Crippen LogP contribution in [0, 0.1) is 0 Å². The van der Waals surface area contributed by atoms with Gasteiger partial charge in [0.25, 0.3) is 0 Å². The molecule has 0 aliphatic carbocycles. The van der Waals surface area contributed by atoms with Crippen LogP contribution in [0.25, 0.3) is 0 Å². The van der Waals surface area contributed by atoms with Gasteiger partial charge in [-0.05, 0) is 43.5 Å². The Balaban J connectivity index is 0.000000370. The highest BCUT2D eigenvalue weighted by molar-refractivity contribution is 9.10. The molecule has 4 heteroatoms. The number of unbranched alkanes of at least 4 members (excludes halogenated alkanes) is 2. The first-order valence-electron chi connectivity index (χ1n) is 8.89. The maximum absolute atomic E-state index is 11.7. The Labute approximate surface area is 159 Å². The van der Waals surface area contributed by atoms with Gasteiger partial charge in [0.15, 0.2) is 0 Å². The molecule has 3 nitrogen and oxygen atoms in total. The first-order chi connectivity index (χ1) is 12.2. The van der Waals surface area contributed by atoms with Crippen LogP contribution in [-0.4, -0.2) is 12.2 Å². The number of rotatable bonds is 7. The third-order valence-electron chi connectivity index (χ3n) is 3.61. The molecule has 0 bridgehead atoms. The van der Waals surface area contributed by atoms with E-state index in [-0.39, 0.29) is 12.2 Å². The molecule has 2 aromatic rings. The number of para-hydroxylation sites is 1. The maximum atomic E-state index is 11.7. The fraction of sp³-hybridized carbons (Fsp3) is 0.381. The third kappa shape index (κ3) is 10.6. The topological polar surface area (TPSA) is 38.3 Å². The molecule has 136 valence electrons. The van der Waals surface area contributed by atoms with Crippen molar-refractivity contribution in [2.75, 3.05) is 5.32 Å². The second-order valence-electron chi connectivity index (χ2n) is 5.72. The quantitative estimate of drug-likeness (QED) is 0.501. The van der Waals surface area contributed by atoms with Crippen molar-refractivity contribution in [2.24, 2.45) is 0 Å². The second kappa shape index (κ2) is 13.5.